The SMILES string of the molecule is C1=CC2CC2c2c1c1ccccc1n2-c1cccc(-c2cccc(-n3c4ccccc4c4ccccc43)c2)c1. The van der Waals surface area contributed by atoms with E-state index in [0.717, 1.165) is 0 Å². The molecule has 0 radical (unpaired) electrons. The van der Waals surface area contributed by atoms with Gasteiger partial charge in [0.1, 0.15) is 0 Å². The molecule has 2 aliphatic rings. The van der Waals surface area contributed by atoms with Crippen molar-refractivity contribution in [2.24, 2.45) is 5.92 Å². The molecule has 2 nitrogen and oxygen atoms in total. The van der Waals surface area contributed by atoms with E-state index >= 15 is 0 Å². The van der Waals surface area contributed by atoms with Crippen LogP contribution in [0.15, 0.2) is 127 Å². The van der Waals surface area contributed by atoms with Gasteiger partial charge in [0.2, 0.25) is 0 Å². The Hall–Kier alpha value is -4.82. The van der Waals surface area contributed by atoms with E-state index in [9.17, 15) is 0 Å². The first-order chi connectivity index (χ1) is 19.3. The molecule has 2 aromatic heterocycles. The van der Waals surface area contributed by atoms with Crippen LogP contribution in [0.25, 0.3) is 61.3 Å². The lowest BCUT2D eigenvalue weighted by Crippen LogP contribution is -2.02. The largest absolute Gasteiger partial charge is 0.313 e. The van der Waals surface area contributed by atoms with E-state index in [0.29, 0.717) is 11.8 Å². The third-order valence-electron chi connectivity index (χ3n) is 8.78. The lowest BCUT2D eigenvalue weighted by Gasteiger charge is -2.15. The summed E-state index contributed by atoms with van der Waals surface area (Å²) < 4.78 is 4.92. The van der Waals surface area contributed by atoms with E-state index in [4.69, 9.17) is 0 Å². The average molecular weight is 499 g/mol. The van der Waals surface area contributed by atoms with Crippen molar-refractivity contribution in [1.82, 2.24) is 9.13 Å². The molecule has 2 atom stereocenters. The summed E-state index contributed by atoms with van der Waals surface area (Å²) in [5, 5.41) is 3.93. The molecule has 0 aliphatic heterocycles. The fourth-order valence-electron chi connectivity index (χ4n) is 6.91. The van der Waals surface area contributed by atoms with Gasteiger partial charge >= 0.3 is 0 Å². The van der Waals surface area contributed by atoms with E-state index in [-0.39, 0.29) is 0 Å². The number of nitrogens with zero attached hydrogens (tertiary/aromatic N) is 2. The van der Waals surface area contributed by atoms with Crippen molar-refractivity contribution < 1.29 is 0 Å². The van der Waals surface area contributed by atoms with Crippen LogP contribution < -0.4 is 0 Å². The number of fused-ring (bicyclic) bond motifs is 8. The van der Waals surface area contributed by atoms with Crippen LogP contribution in [-0.4, -0.2) is 9.13 Å². The summed E-state index contributed by atoms with van der Waals surface area (Å²) in [6, 6.07) is 44.4. The molecule has 0 N–H and O–H groups in total. The average Bonchev–Trinajstić information content (AvgIpc) is 3.62. The van der Waals surface area contributed by atoms with Gasteiger partial charge in [0.25, 0.3) is 0 Å². The van der Waals surface area contributed by atoms with Gasteiger partial charge in [-0.1, -0.05) is 91.0 Å². The second-order valence-electron chi connectivity index (χ2n) is 11.0. The van der Waals surface area contributed by atoms with Crippen molar-refractivity contribution >= 4 is 38.8 Å². The number of hydrogen-bond acceptors (Lipinski definition) is 0. The minimum Gasteiger partial charge on any atom is -0.313 e. The van der Waals surface area contributed by atoms with Crippen molar-refractivity contribution in [2.75, 3.05) is 0 Å². The molecule has 2 heteroatoms. The van der Waals surface area contributed by atoms with Crippen LogP contribution >= 0.6 is 0 Å². The lowest BCUT2D eigenvalue weighted by molar-refractivity contribution is 0.896. The Kier molecular flexibility index (Phi) is 4.25. The van der Waals surface area contributed by atoms with Crippen molar-refractivity contribution in [1.29, 1.82) is 0 Å². The monoisotopic (exact) mass is 498 g/mol. The molecule has 0 bridgehead atoms. The summed E-state index contributed by atoms with van der Waals surface area (Å²) in [5.41, 5.74) is 11.6. The fraction of sp³-hybridized carbons (Fsp3) is 0.0811. The van der Waals surface area contributed by atoms with Gasteiger partial charge in [-0.25, -0.2) is 0 Å². The zero-order valence-corrected chi connectivity index (χ0v) is 21.5. The van der Waals surface area contributed by atoms with Crippen LogP contribution in [0.1, 0.15) is 23.6 Å². The predicted molar refractivity (Wildman–Crippen MR) is 163 cm³/mol. The maximum absolute atomic E-state index is 2.53. The maximum Gasteiger partial charge on any atom is 0.0541 e. The number of aromatic nitrogens is 2. The Labute approximate surface area is 227 Å². The number of rotatable bonds is 3. The summed E-state index contributed by atoms with van der Waals surface area (Å²) in [4.78, 5) is 0. The first-order valence-corrected chi connectivity index (χ1v) is 13.9. The number of para-hydroxylation sites is 3. The minimum absolute atomic E-state index is 0.639. The van der Waals surface area contributed by atoms with Gasteiger partial charge in [-0.3, -0.25) is 0 Å². The highest BCUT2D eigenvalue weighted by Crippen LogP contribution is 2.55. The lowest BCUT2D eigenvalue weighted by atomic mass is 10.0. The zero-order valence-electron chi connectivity index (χ0n) is 21.5. The van der Waals surface area contributed by atoms with Crippen LogP contribution in [0.5, 0.6) is 0 Å². The topological polar surface area (TPSA) is 9.86 Å². The zero-order chi connectivity index (χ0) is 25.5. The maximum atomic E-state index is 2.53. The van der Waals surface area contributed by atoms with Crippen molar-refractivity contribution in [3.8, 4) is 22.5 Å². The summed E-state index contributed by atoms with van der Waals surface area (Å²) >= 11 is 0. The first kappa shape index (κ1) is 21.2. The van der Waals surface area contributed by atoms with E-state index in [1.165, 1.54) is 72.9 Å². The minimum atomic E-state index is 0.639. The molecule has 0 spiro atoms. The Morgan fingerprint density at radius 3 is 1.69 bits per heavy atom. The van der Waals surface area contributed by atoms with Crippen LogP contribution in [0.4, 0.5) is 0 Å². The molecule has 39 heavy (non-hydrogen) atoms. The predicted octanol–water partition coefficient (Wildman–Crippen LogP) is 9.52. The van der Waals surface area contributed by atoms with E-state index in [1.54, 1.807) is 0 Å². The molecule has 0 saturated heterocycles. The Morgan fingerprint density at radius 2 is 1.05 bits per heavy atom. The Balaban J connectivity index is 1.22. The molecular formula is C37H26N2. The van der Waals surface area contributed by atoms with Crippen LogP contribution in [-0.2, 0) is 0 Å². The van der Waals surface area contributed by atoms with E-state index < -0.39 is 0 Å². The number of allylic oxidation sites excluding steroid dienone is 1. The van der Waals surface area contributed by atoms with Gasteiger partial charge in [0.05, 0.1) is 16.6 Å². The molecule has 0 amide bonds. The molecular weight excluding hydrogens is 472 g/mol. The van der Waals surface area contributed by atoms with E-state index in [2.05, 4.69) is 143 Å². The molecule has 9 rings (SSSR count). The molecule has 7 aromatic rings. The molecule has 2 heterocycles. The molecule has 2 unspecified atom stereocenters. The third-order valence-corrected chi connectivity index (χ3v) is 8.78. The summed E-state index contributed by atoms with van der Waals surface area (Å²) in [5.74, 6) is 1.34. The van der Waals surface area contributed by atoms with Gasteiger partial charge in [-0.2, -0.15) is 0 Å². The van der Waals surface area contributed by atoms with Gasteiger partial charge in [0.15, 0.2) is 0 Å². The molecule has 1 fully saturated rings. The standard InChI is InChI=1S/C37H26N2/c1-4-16-34-29(13-1)30-14-2-5-17-35(30)38(34)27-11-7-9-24(21-27)25-10-8-12-28(22-25)39-36-18-6-3-15-31(36)32-20-19-26-23-33(26)37(32)39/h1-22,26,33H,23H2. The van der Waals surface area contributed by atoms with E-state index in [1.807, 2.05) is 0 Å². The second kappa shape index (κ2) is 7.85. The van der Waals surface area contributed by atoms with Crippen molar-refractivity contribution in [2.45, 2.75) is 12.3 Å². The normalized spacial score (nSPS) is 17.5. The Morgan fingerprint density at radius 1 is 0.513 bits per heavy atom. The summed E-state index contributed by atoms with van der Waals surface area (Å²) in [6.45, 7) is 0. The molecule has 2 aliphatic carbocycles. The summed E-state index contributed by atoms with van der Waals surface area (Å²) in [7, 11) is 0. The first-order valence-electron chi connectivity index (χ1n) is 13.9. The molecule has 5 aromatic carbocycles. The van der Waals surface area contributed by atoms with Crippen molar-refractivity contribution in [3.05, 3.63) is 139 Å². The quantitative estimate of drug-likeness (QED) is 0.230. The van der Waals surface area contributed by atoms with Gasteiger partial charge in [-0.15, -0.1) is 0 Å². The van der Waals surface area contributed by atoms with Crippen LogP contribution in [0.3, 0.4) is 0 Å². The highest BCUT2D eigenvalue weighted by Gasteiger charge is 2.43. The second-order valence-corrected chi connectivity index (χ2v) is 11.0. The van der Waals surface area contributed by atoms with Gasteiger partial charge in [0, 0.05) is 44.7 Å². The highest BCUT2D eigenvalue weighted by molar-refractivity contribution is 6.09. The van der Waals surface area contributed by atoms with Crippen LogP contribution in [0, 0.1) is 5.92 Å². The van der Waals surface area contributed by atoms with Gasteiger partial charge < -0.3 is 9.13 Å². The highest BCUT2D eigenvalue weighted by atomic mass is 15.0. The molecule has 184 valence electrons. The number of benzene rings is 5. The molecule has 1 saturated carbocycles. The third kappa shape index (κ3) is 3.03. The fourth-order valence-corrected chi connectivity index (χ4v) is 6.91. The number of hydrogen-bond donors (Lipinski definition) is 0. The van der Waals surface area contributed by atoms with Crippen molar-refractivity contribution in [3.63, 3.8) is 0 Å². The summed E-state index contributed by atoms with van der Waals surface area (Å²) in [6.07, 6.45) is 6.04. The smallest absolute Gasteiger partial charge is 0.0541 e. The van der Waals surface area contributed by atoms with Gasteiger partial charge in [-0.05, 0) is 65.9 Å². The van der Waals surface area contributed by atoms with Crippen LogP contribution in [0.2, 0.25) is 0 Å². The Bertz CT molecular complexity index is 2070.